The van der Waals surface area contributed by atoms with Gasteiger partial charge in [0.05, 0.1) is 11.0 Å². The number of H-pyrrole nitrogens is 1. The molecule has 0 atom stereocenters. The number of carbonyl (C=O) groups excluding carboxylic acids is 1. The number of ether oxygens (including phenoxy) is 1. The van der Waals surface area contributed by atoms with Gasteiger partial charge in [0, 0.05) is 19.0 Å². The van der Waals surface area contributed by atoms with Gasteiger partial charge in [0.1, 0.15) is 17.4 Å². The van der Waals surface area contributed by atoms with Crippen LogP contribution in [0.25, 0.3) is 11.0 Å². The summed E-state index contributed by atoms with van der Waals surface area (Å²) in [5.74, 6) is -2.12. The number of hydrogen-bond acceptors (Lipinski definition) is 3. The SMILES string of the molecule is O=C(COc1ccc(F)c(F)c1)NCCc1nc2ccc(F)cc2[nH]1. The van der Waals surface area contributed by atoms with Crippen molar-refractivity contribution in [1.29, 1.82) is 0 Å². The van der Waals surface area contributed by atoms with E-state index in [0.717, 1.165) is 12.1 Å². The largest absolute Gasteiger partial charge is 0.484 e. The number of amides is 1. The Morgan fingerprint density at radius 2 is 1.96 bits per heavy atom. The Kier molecular flexibility index (Phi) is 4.87. The van der Waals surface area contributed by atoms with E-state index in [0.29, 0.717) is 29.8 Å². The predicted octanol–water partition coefficient (Wildman–Crippen LogP) is 2.72. The van der Waals surface area contributed by atoms with Crippen LogP contribution in [0, 0.1) is 17.5 Å². The van der Waals surface area contributed by atoms with Crippen LogP contribution in [0.5, 0.6) is 5.75 Å². The molecule has 5 nitrogen and oxygen atoms in total. The molecule has 0 unspecified atom stereocenters. The number of aromatic nitrogens is 2. The van der Waals surface area contributed by atoms with E-state index in [9.17, 15) is 18.0 Å². The molecule has 8 heteroatoms. The van der Waals surface area contributed by atoms with Crippen molar-refractivity contribution in [3.05, 3.63) is 59.7 Å². The number of rotatable bonds is 6. The average molecular weight is 349 g/mol. The van der Waals surface area contributed by atoms with Gasteiger partial charge < -0.3 is 15.0 Å². The first kappa shape index (κ1) is 16.8. The van der Waals surface area contributed by atoms with Crippen molar-refractivity contribution in [3.8, 4) is 5.75 Å². The molecule has 0 fully saturated rings. The molecule has 0 spiro atoms. The molecule has 2 N–H and O–H groups in total. The second-order valence-corrected chi connectivity index (χ2v) is 5.31. The third kappa shape index (κ3) is 4.28. The predicted molar refractivity (Wildman–Crippen MR) is 84.6 cm³/mol. The smallest absolute Gasteiger partial charge is 0.257 e. The van der Waals surface area contributed by atoms with Crippen LogP contribution < -0.4 is 10.1 Å². The number of halogens is 3. The molecule has 0 aliphatic carbocycles. The number of imidazole rings is 1. The van der Waals surface area contributed by atoms with Crippen LogP contribution in [0.1, 0.15) is 5.82 Å². The number of nitrogens with one attached hydrogen (secondary N) is 2. The van der Waals surface area contributed by atoms with Crippen LogP contribution in [0.4, 0.5) is 13.2 Å². The molecule has 3 aromatic rings. The Balaban J connectivity index is 1.46. The van der Waals surface area contributed by atoms with Crippen molar-refractivity contribution in [3.63, 3.8) is 0 Å². The minimum absolute atomic E-state index is 0.0633. The van der Waals surface area contributed by atoms with E-state index in [-0.39, 0.29) is 18.2 Å². The summed E-state index contributed by atoms with van der Waals surface area (Å²) in [6, 6.07) is 7.27. The van der Waals surface area contributed by atoms with Crippen LogP contribution in [0.2, 0.25) is 0 Å². The molecule has 1 amide bonds. The van der Waals surface area contributed by atoms with Crippen molar-refractivity contribution >= 4 is 16.9 Å². The summed E-state index contributed by atoms with van der Waals surface area (Å²) < 4.78 is 44.0. The van der Waals surface area contributed by atoms with Crippen LogP contribution in [0.3, 0.4) is 0 Å². The fourth-order valence-corrected chi connectivity index (χ4v) is 2.24. The van der Waals surface area contributed by atoms with Crippen molar-refractivity contribution in [2.24, 2.45) is 0 Å². The standard InChI is InChI=1S/C17H14F3N3O2/c18-10-1-4-14-15(7-10)23-16(22-14)5-6-21-17(24)9-25-11-2-3-12(19)13(20)8-11/h1-4,7-8H,5-6,9H2,(H,21,24)(H,22,23). The van der Waals surface area contributed by atoms with Crippen molar-refractivity contribution in [1.82, 2.24) is 15.3 Å². The average Bonchev–Trinajstić information content (AvgIpc) is 2.97. The minimum atomic E-state index is -1.04. The lowest BCUT2D eigenvalue weighted by atomic mass is 10.3. The molecule has 0 bridgehead atoms. The van der Waals surface area contributed by atoms with E-state index in [1.54, 1.807) is 6.07 Å². The maximum absolute atomic E-state index is 13.1. The number of hydrogen-bond donors (Lipinski definition) is 2. The second-order valence-electron chi connectivity index (χ2n) is 5.31. The lowest BCUT2D eigenvalue weighted by Gasteiger charge is -2.07. The highest BCUT2D eigenvalue weighted by molar-refractivity contribution is 5.77. The Morgan fingerprint density at radius 3 is 2.76 bits per heavy atom. The van der Waals surface area contributed by atoms with Gasteiger partial charge in [0.2, 0.25) is 0 Å². The van der Waals surface area contributed by atoms with Crippen LogP contribution >= 0.6 is 0 Å². The molecular weight excluding hydrogens is 335 g/mol. The monoisotopic (exact) mass is 349 g/mol. The highest BCUT2D eigenvalue weighted by Crippen LogP contribution is 2.15. The Bertz CT molecular complexity index is 911. The zero-order chi connectivity index (χ0) is 17.8. The number of nitrogens with zero attached hydrogens (tertiary/aromatic N) is 1. The maximum Gasteiger partial charge on any atom is 0.257 e. The molecule has 0 aliphatic rings. The van der Waals surface area contributed by atoms with Gasteiger partial charge in [-0.1, -0.05) is 0 Å². The summed E-state index contributed by atoms with van der Waals surface area (Å²) in [5, 5.41) is 2.62. The second kappa shape index (κ2) is 7.25. The highest BCUT2D eigenvalue weighted by atomic mass is 19.2. The number of aromatic amines is 1. The van der Waals surface area contributed by atoms with Gasteiger partial charge >= 0.3 is 0 Å². The van der Waals surface area contributed by atoms with E-state index in [1.807, 2.05) is 0 Å². The van der Waals surface area contributed by atoms with Gasteiger partial charge in [-0.25, -0.2) is 18.2 Å². The first-order valence-electron chi connectivity index (χ1n) is 7.50. The first-order chi connectivity index (χ1) is 12.0. The fourth-order valence-electron chi connectivity index (χ4n) is 2.24. The maximum atomic E-state index is 13.1. The highest BCUT2D eigenvalue weighted by Gasteiger charge is 2.07. The molecule has 0 saturated heterocycles. The van der Waals surface area contributed by atoms with Crippen molar-refractivity contribution < 1.29 is 22.7 Å². The van der Waals surface area contributed by atoms with Crippen LogP contribution in [0.15, 0.2) is 36.4 Å². The molecule has 130 valence electrons. The molecule has 1 aromatic heterocycles. The van der Waals surface area contributed by atoms with Gasteiger partial charge in [0.15, 0.2) is 18.2 Å². The molecule has 25 heavy (non-hydrogen) atoms. The lowest BCUT2D eigenvalue weighted by Crippen LogP contribution is -2.30. The van der Waals surface area contributed by atoms with E-state index in [4.69, 9.17) is 4.74 Å². The quantitative estimate of drug-likeness (QED) is 0.719. The summed E-state index contributed by atoms with van der Waals surface area (Å²) >= 11 is 0. The van der Waals surface area contributed by atoms with Gasteiger partial charge in [-0.2, -0.15) is 0 Å². The summed E-state index contributed by atoms with van der Waals surface area (Å²) in [6.07, 6.45) is 0.424. The zero-order valence-electron chi connectivity index (χ0n) is 13.0. The van der Waals surface area contributed by atoms with Crippen LogP contribution in [-0.2, 0) is 11.2 Å². The number of fused-ring (bicyclic) bond motifs is 1. The summed E-state index contributed by atoms with van der Waals surface area (Å²) in [5.41, 5.74) is 1.23. The van der Waals surface area contributed by atoms with E-state index in [1.165, 1.54) is 18.2 Å². The van der Waals surface area contributed by atoms with Crippen molar-refractivity contribution in [2.75, 3.05) is 13.2 Å². The Morgan fingerprint density at radius 1 is 1.12 bits per heavy atom. The normalized spacial score (nSPS) is 10.8. The molecule has 0 radical (unpaired) electrons. The zero-order valence-corrected chi connectivity index (χ0v) is 13.0. The number of benzene rings is 2. The van der Waals surface area contributed by atoms with Crippen molar-refractivity contribution in [2.45, 2.75) is 6.42 Å². The van der Waals surface area contributed by atoms with Crippen LogP contribution in [-0.4, -0.2) is 29.0 Å². The van der Waals surface area contributed by atoms with Gasteiger partial charge in [0.25, 0.3) is 5.91 Å². The summed E-state index contributed by atoms with van der Waals surface area (Å²) in [7, 11) is 0. The molecule has 3 rings (SSSR count). The minimum Gasteiger partial charge on any atom is -0.484 e. The lowest BCUT2D eigenvalue weighted by molar-refractivity contribution is -0.123. The Hall–Kier alpha value is -3.03. The fraction of sp³-hybridized carbons (Fsp3) is 0.176. The summed E-state index contributed by atoms with van der Waals surface area (Å²) in [6.45, 7) is -0.0291. The molecule has 1 heterocycles. The van der Waals surface area contributed by atoms with E-state index < -0.39 is 17.5 Å². The first-order valence-corrected chi connectivity index (χ1v) is 7.50. The Labute approximate surface area is 140 Å². The van der Waals surface area contributed by atoms with Gasteiger partial charge in [-0.3, -0.25) is 4.79 Å². The van der Waals surface area contributed by atoms with Gasteiger partial charge in [-0.05, 0) is 30.3 Å². The van der Waals surface area contributed by atoms with E-state index >= 15 is 0 Å². The van der Waals surface area contributed by atoms with Gasteiger partial charge in [-0.15, -0.1) is 0 Å². The molecule has 0 aliphatic heterocycles. The summed E-state index contributed by atoms with van der Waals surface area (Å²) in [4.78, 5) is 18.9. The molecule has 0 saturated carbocycles. The third-order valence-electron chi connectivity index (χ3n) is 3.44. The topological polar surface area (TPSA) is 67.0 Å². The third-order valence-corrected chi connectivity index (χ3v) is 3.44. The molecular formula is C17H14F3N3O2. The number of carbonyl (C=O) groups is 1. The molecule has 2 aromatic carbocycles. The van der Waals surface area contributed by atoms with E-state index in [2.05, 4.69) is 15.3 Å².